The Balaban J connectivity index is 0.000000233. The summed E-state index contributed by atoms with van der Waals surface area (Å²) in [5, 5.41) is 3.70. The van der Waals surface area contributed by atoms with Gasteiger partial charge in [0.1, 0.15) is 5.58 Å². The quantitative estimate of drug-likeness (QED) is 0.107. The average molecular weight is 1010 g/mol. The number of hydrogen-bond donors (Lipinski definition) is 0. The van der Waals surface area contributed by atoms with E-state index in [-0.39, 0.29) is 31.9 Å². The second kappa shape index (κ2) is 18.5. The maximum atomic E-state index is 6.48. The van der Waals surface area contributed by atoms with Crippen molar-refractivity contribution in [2.45, 2.75) is 86.4 Å². The number of aryl methyl sites for hydroxylation is 1. The minimum Gasteiger partial charge on any atom is -0.501 e. The molecule has 0 unspecified atom stereocenters. The van der Waals surface area contributed by atoms with Crippen LogP contribution in [0.5, 0.6) is 0 Å². The second-order valence-corrected chi connectivity index (χ2v) is 23.4. The van der Waals surface area contributed by atoms with Gasteiger partial charge in [0.25, 0.3) is 0 Å². The predicted molar refractivity (Wildman–Crippen MR) is 260 cm³/mol. The number of imidazole rings is 1. The van der Waals surface area contributed by atoms with E-state index in [0.717, 1.165) is 62.2 Å². The Morgan fingerprint density at radius 3 is 2.02 bits per heavy atom. The largest absolute Gasteiger partial charge is 3.00 e. The van der Waals surface area contributed by atoms with Gasteiger partial charge in [0, 0.05) is 24.8 Å². The van der Waals surface area contributed by atoms with E-state index in [0.29, 0.717) is 5.92 Å². The molecule has 9 rings (SSSR count). The maximum absolute atomic E-state index is 6.48. The minimum absolute atomic E-state index is 0. The molecule has 0 aliphatic heterocycles. The molecule has 0 fully saturated rings. The van der Waals surface area contributed by atoms with Crippen molar-refractivity contribution in [2.24, 2.45) is 5.92 Å². The zero-order valence-corrected chi connectivity index (χ0v) is 41.0. The summed E-state index contributed by atoms with van der Waals surface area (Å²) < 4.78 is 8.78. The molecule has 0 bridgehead atoms. The first-order valence-electron chi connectivity index (χ1n) is 21.7. The van der Waals surface area contributed by atoms with Gasteiger partial charge in [-0.25, -0.2) is 16.1 Å². The molecule has 6 heteroatoms. The van der Waals surface area contributed by atoms with Gasteiger partial charge in [-0.05, 0) is 83.7 Å². The van der Waals surface area contributed by atoms with Crippen molar-refractivity contribution >= 4 is 46.4 Å². The van der Waals surface area contributed by atoms with Crippen LogP contribution >= 0.6 is 0 Å². The van der Waals surface area contributed by atoms with Crippen LogP contribution in [0.4, 0.5) is 0 Å². The molecular weight excluding hydrogens is 951 g/mol. The van der Waals surface area contributed by atoms with Crippen molar-refractivity contribution in [1.82, 2.24) is 14.5 Å². The SMILES string of the molecule is CC(C)Cc1cc(-c2[c-]cccc2)[c-]cc1[Si](C)(C)C.Cc1ccc2c(n1)nc(-c1[c-]ccc3c1oc1ccccc13)n2-c1c(C(C)C)cc(-c2ccccc2)cc1C(C)C.[Ir+3]. The Morgan fingerprint density at radius 2 is 1.35 bits per heavy atom. The summed E-state index contributed by atoms with van der Waals surface area (Å²) in [5.74, 6) is 2.03. The number of para-hydroxylation sites is 1. The van der Waals surface area contributed by atoms with Crippen LogP contribution in [0.15, 0.2) is 132 Å². The standard InChI is InChI=1S/C37H32N3O.C19H24Si.Ir/c1-22(2)30-20-26(25-12-7-6-8-13-25)21-31(23(3)4)34(30)40-32-19-18-24(5)38-36(32)39-37(40)29-16-11-15-28-27-14-9-10-17-33(27)41-35(28)29;1-15(2)13-18-14-17(16-9-7-6-8-10-16)11-12-19(18)20(3,4)5;/h6-15,17-23H,1-5H3;6-9,12,14-15H,13H2,1-5H3;/q-1;-2;+3. The van der Waals surface area contributed by atoms with Gasteiger partial charge in [-0.15, -0.1) is 35.0 Å². The molecule has 62 heavy (non-hydrogen) atoms. The fraction of sp³-hybridized carbons (Fsp3) is 0.250. The first kappa shape index (κ1) is 44.7. The van der Waals surface area contributed by atoms with Crippen LogP contribution in [-0.4, -0.2) is 22.6 Å². The molecule has 0 aliphatic carbocycles. The summed E-state index contributed by atoms with van der Waals surface area (Å²) in [4.78, 5) is 10.1. The molecule has 0 N–H and O–H groups in total. The van der Waals surface area contributed by atoms with Crippen molar-refractivity contribution in [3.05, 3.63) is 168 Å². The predicted octanol–water partition coefficient (Wildman–Crippen LogP) is 14.7. The number of benzene rings is 6. The van der Waals surface area contributed by atoms with E-state index in [4.69, 9.17) is 14.4 Å². The molecule has 3 aromatic heterocycles. The Labute approximate surface area is 382 Å². The first-order valence-corrected chi connectivity index (χ1v) is 25.2. The second-order valence-electron chi connectivity index (χ2n) is 18.3. The van der Waals surface area contributed by atoms with Crippen molar-refractivity contribution in [3.63, 3.8) is 0 Å². The summed E-state index contributed by atoms with van der Waals surface area (Å²) in [6.45, 7) is 22.9. The number of nitrogens with zero attached hydrogens (tertiary/aromatic N) is 3. The molecule has 0 aliphatic rings. The van der Waals surface area contributed by atoms with Crippen LogP contribution < -0.4 is 5.19 Å². The fourth-order valence-electron chi connectivity index (χ4n) is 8.48. The molecule has 3 heterocycles. The van der Waals surface area contributed by atoms with Gasteiger partial charge in [-0.1, -0.05) is 121 Å². The van der Waals surface area contributed by atoms with Gasteiger partial charge >= 0.3 is 20.1 Å². The van der Waals surface area contributed by atoms with E-state index < -0.39 is 8.07 Å². The van der Waals surface area contributed by atoms with E-state index in [1.807, 2.05) is 43.3 Å². The first-order chi connectivity index (χ1) is 29.3. The molecule has 0 radical (unpaired) electrons. The summed E-state index contributed by atoms with van der Waals surface area (Å²) in [7, 11) is -1.31. The van der Waals surface area contributed by atoms with Crippen LogP contribution in [0.25, 0.3) is 72.4 Å². The Kier molecular flexibility index (Phi) is 13.3. The average Bonchev–Trinajstić information content (AvgIpc) is 3.81. The van der Waals surface area contributed by atoms with E-state index >= 15 is 0 Å². The summed E-state index contributed by atoms with van der Waals surface area (Å²) in [6, 6.07) is 54.8. The van der Waals surface area contributed by atoms with Crippen LogP contribution in [0.1, 0.15) is 75.8 Å². The van der Waals surface area contributed by atoms with Gasteiger partial charge in [-0.3, -0.25) is 4.98 Å². The minimum atomic E-state index is -1.31. The number of aromatic nitrogens is 3. The molecule has 6 aromatic carbocycles. The van der Waals surface area contributed by atoms with Crippen LogP contribution in [0.2, 0.25) is 19.6 Å². The number of rotatable bonds is 9. The summed E-state index contributed by atoms with van der Waals surface area (Å²) in [6.07, 6.45) is 1.15. The molecular formula is C56H56IrN3OSi. The van der Waals surface area contributed by atoms with Crippen LogP contribution in [-0.2, 0) is 26.5 Å². The third kappa shape index (κ3) is 9.06. The number of furan rings is 1. The van der Waals surface area contributed by atoms with Gasteiger partial charge in [0.2, 0.25) is 0 Å². The monoisotopic (exact) mass is 1010 g/mol. The molecule has 0 saturated carbocycles. The summed E-state index contributed by atoms with van der Waals surface area (Å²) in [5.41, 5.74) is 15.1. The van der Waals surface area contributed by atoms with Crippen LogP contribution in [0.3, 0.4) is 0 Å². The van der Waals surface area contributed by atoms with Crippen molar-refractivity contribution in [1.29, 1.82) is 0 Å². The number of pyridine rings is 1. The molecule has 4 nitrogen and oxygen atoms in total. The van der Waals surface area contributed by atoms with Gasteiger partial charge in [0.15, 0.2) is 5.65 Å². The number of fused-ring (bicyclic) bond motifs is 4. The summed E-state index contributed by atoms with van der Waals surface area (Å²) >= 11 is 0. The van der Waals surface area contributed by atoms with E-state index in [9.17, 15) is 0 Å². The van der Waals surface area contributed by atoms with Crippen molar-refractivity contribution in [2.75, 3.05) is 0 Å². The molecule has 0 atom stereocenters. The Bertz CT molecular complexity index is 2940. The van der Waals surface area contributed by atoms with E-state index in [1.54, 1.807) is 5.19 Å². The van der Waals surface area contributed by atoms with E-state index in [2.05, 4.69) is 175 Å². The third-order valence-corrected chi connectivity index (χ3v) is 13.5. The zero-order chi connectivity index (χ0) is 43.0. The maximum Gasteiger partial charge on any atom is 3.00 e. The molecule has 0 amide bonds. The topological polar surface area (TPSA) is 43.9 Å². The van der Waals surface area contributed by atoms with Gasteiger partial charge in [-0.2, -0.15) is 42.5 Å². The Morgan fingerprint density at radius 1 is 0.661 bits per heavy atom. The number of hydrogen-bond acceptors (Lipinski definition) is 3. The van der Waals surface area contributed by atoms with E-state index in [1.165, 1.54) is 39.1 Å². The molecule has 0 spiro atoms. The normalized spacial score (nSPS) is 11.8. The van der Waals surface area contributed by atoms with Gasteiger partial charge in [0.05, 0.1) is 16.9 Å². The molecule has 0 saturated heterocycles. The Hall–Kier alpha value is -5.39. The van der Waals surface area contributed by atoms with Gasteiger partial charge < -0.3 is 8.98 Å². The molecule has 9 aromatic rings. The van der Waals surface area contributed by atoms with Crippen LogP contribution in [0, 0.1) is 31.0 Å². The van der Waals surface area contributed by atoms with Crippen molar-refractivity contribution < 1.29 is 24.5 Å². The third-order valence-electron chi connectivity index (χ3n) is 11.4. The smallest absolute Gasteiger partial charge is 0.501 e. The van der Waals surface area contributed by atoms with Crippen molar-refractivity contribution in [3.8, 4) is 39.3 Å². The molecule has 314 valence electrons. The fourth-order valence-corrected chi connectivity index (χ4v) is 10.1. The zero-order valence-electron chi connectivity index (χ0n) is 37.6.